The van der Waals surface area contributed by atoms with E-state index < -0.39 is 0 Å². The lowest BCUT2D eigenvalue weighted by Crippen LogP contribution is -2.20. The highest BCUT2D eigenvalue weighted by molar-refractivity contribution is 7.09. The molecule has 1 unspecified atom stereocenters. The SMILES string of the molecule is CNC(Cc1nc(C(C)(C)C)cs1)c1cccc(C)c1F. The molecule has 2 aromatic rings. The molecule has 0 saturated heterocycles. The van der Waals surface area contributed by atoms with Crippen molar-refractivity contribution in [1.29, 1.82) is 0 Å². The van der Waals surface area contributed by atoms with Crippen molar-refractivity contribution < 1.29 is 4.39 Å². The molecule has 0 saturated carbocycles. The van der Waals surface area contributed by atoms with Crippen LogP contribution in [-0.2, 0) is 11.8 Å². The fourth-order valence-corrected chi connectivity index (χ4v) is 3.30. The lowest BCUT2D eigenvalue weighted by molar-refractivity contribution is 0.525. The molecular formula is C17H23FN2S. The normalized spacial score (nSPS) is 13.4. The lowest BCUT2D eigenvalue weighted by atomic mass is 9.93. The third-order valence-corrected chi connectivity index (χ3v) is 4.52. The third kappa shape index (κ3) is 3.69. The van der Waals surface area contributed by atoms with E-state index in [1.54, 1.807) is 24.3 Å². The molecule has 1 N–H and O–H groups in total. The molecular weight excluding hydrogens is 283 g/mol. The average Bonchev–Trinajstić information content (AvgIpc) is 2.88. The minimum Gasteiger partial charge on any atom is -0.313 e. The second-order valence-electron chi connectivity index (χ2n) is 6.40. The van der Waals surface area contributed by atoms with Crippen molar-refractivity contribution in [2.24, 2.45) is 0 Å². The van der Waals surface area contributed by atoms with E-state index in [1.807, 2.05) is 19.2 Å². The fourth-order valence-electron chi connectivity index (χ4n) is 2.23. The van der Waals surface area contributed by atoms with E-state index in [0.717, 1.165) is 10.7 Å². The van der Waals surface area contributed by atoms with E-state index in [-0.39, 0.29) is 17.3 Å². The van der Waals surface area contributed by atoms with E-state index in [1.165, 1.54) is 0 Å². The van der Waals surface area contributed by atoms with E-state index in [2.05, 4.69) is 31.5 Å². The van der Waals surface area contributed by atoms with E-state index in [4.69, 9.17) is 4.98 Å². The first-order valence-corrected chi connectivity index (χ1v) is 8.08. The van der Waals surface area contributed by atoms with Crippen LogP contribution >= 0.6 is 11.3 Å². The maximum absolute atomic E-state index is 14.3. The van der Waals surface area contributed by atoms with Gasteiger partial charge in [0.15, 0.2) is 0 Å². The summed E-state index contributed by atoms with van der Waals surface area (Å²) in [4.78, 5) is 4.70. The molecule has 1 aromatic carbocycles. The fraction of sp³-hybridized carbons (Fsp3) is 0.471. The first-order valence-electron chi connectivity index (χ1n) is 7.20. The van der Waals surface area contributed by atoms with Gasteiger partial charge in [-0.05, 0) is 19.5 Å². The molecule has 114 valence electrons. The van der Waals surface area contributed by atoms with E-state index >= 15 is 0 Å². The molecule has 2 rings (SSSR count). The number of nitrogens with one attached hydrogen (secondary N) is 1. The first kappa shape index (κ1) is 16.1. The molecule has 21 heavy (non-hydrogen) atoms. The Morgan fingerprint density at radius 1 is 1.33 bits per heavy atom. The number of likely N-dealkylation sites (N-methyl/N-ethyl adjacent to an activating group) is 1. The molecule has 0 spiro atoms. The van der Waals surface area contributed by atoms with Crippen LogP contribution in [0.4, 0.5) is 4.39 Å². The van der Waals surface area contributed by atoms with Gasteiger partial charge >= 0.3 is 0 Å². The lowest BCUT2D eigenvalue weighted by Gasteiger charge is -2.17. The van der Waals surface area contributed by atoms with Crippen molar-refractivity contribution in [3.05, 3.63) is 51.2 Å². The second kappa shape index (κ2) is 6.24. The minimum absolute atomic E-state index is 0.0520. The van der Waals surface area contributed by atoms with Gasteiger partial charge < -0.3 is 5.32 Å². The molecule has 4 heteroatoms. The maximum atomic E-state index is 14.3. The topological polar surface area (TPSA) is 24.9 Å². The molecule has 0 fully saturated rings. The van der Waals surface area contributed by atoms with Gasteiger partial charge in [0.2, 0.25) is 0 Å². The van der Waals surface area contributed by atoms with Crippen LogP contribution in [0.5, 0.6) is 0 Å². The van der Waals surface area contributed by atoms with Gasteiger partial charge in [-0.25, -0.2) is 9.37 Å². The van der Waals surface area contributed by atoms with E-state index in [0.29, 0.717) is 17.5 Å². The number of thiazole rings is 1. The summed E-state index contributed by atoms with van der Waals surface area (Å²) in [6.07, 6.45) is 0.706. The zero-order valence-electron chi connectivity index (χ0n) is 13.3. The highest BCUT2D eigenvalue weighted by Gasteiger charge is 2.20. The highest BCUT2D eigenvalue weighted by Crippen LogP contribution is 2.28. The van der Waals surface area contributed by atoms with Crippen LogP contribution in [0.3, 0.4) is 0 Å². The van der Waals surface area contributed by atoms with Crippen LogP contribution < -0.4 is 5.32 Å². The Kier molecular flexibility index (Phi) is 4.79. The molecule has 1 atom stereocenters. The summed E-state index contributed by atoms with van der Waals surface area (Å²) in [5, 5.41) is 6.36. The summed E-state index contributed by atoms with van der Waals surface area (Å²) in [5.74, 6) is -0.121. The Bertz CT molecular complexity index is 613. The number of hydrogen-bond donors (Lipinski definition) is 1. The van der Waals surface area contributed by atoms with Crippen LogP contribution in [-0.4, -0.2) is 12.0 Å². The smallest absolute Gasteiger partial charge is 0.130 e. The summed E-state index contributed by atoms with van der Waals surface area (Å²) in [6, 6.07) is 5.50. The monoisotopic (exact) mass is 306 g/mol. The number of benzene rings is 1. The van der Waals surface area contributed by atoms with Gasteiger partial charge in [-0.2, -0.15) is 0 Å². The number of hydrogen-bond acceptors (Lipinski definition) is 3. The Labute approximate surface area is 130 Å². The third-order valence-electron chi connectivity index (χ3n) is 3.64. The predicted molar refractivity (Wildman–Crippen MR) is 87.5 cm³/mol. The number of halogens is 1. The van der Waals surface area contributed by atoms with Crippen LogP contribution in [0.15, 0.2) is 23.6 Å². The predicted octanol–water partition coefficient (Wildman–Crippen LogP) is 4.39. The largest absolute Gasteiger partial charge is 0.313 e. The van der Waals surface area contributed by atoms with Crippen LogP contribution in [0.2, 0.25) is 0 Å². The molecule has 0 amide bonds. The summed E-state index contributed by atoms with van der Waals surface area (Å²) < 4.78 is 14.3. The summed E-state index contributed by atoms with van der Waals surface area (Å²) in [6.45, 7) is 8.26. The Balaban J connectivity index is 2.23. The first-order chi connectivity index (χ1) is 9.82. The van der Waals surface area contributed by atoms with Crippen molar-refractivity contribution >= 4 is 11.3 Å². The zero-order chi connectivity index (χ0) is 15.6. The van der Waals surface area contributed by atoms with Gasteiger partial charge in [0.1, 0.15) is 5.82 Å². The molecule has 0 aliphatic carbocycles. The van der Waals surface area contributed by atoms with Gasteiger partial charge in [0.25, 0.3) is 0 Å². The Hall–Kier alpha value is -1.26. The molecule has 1 aromatic heterocycles. The van der Waals surface area contributed by atoms with E-state index in [9.17, 15) is 4.39 Å². The van der Waals surface area contributed by atoms with Gasteiger partial charge in [0, 0.05) is 28.8 Å². The van der Waals surface area contributed by atoms with Crippen molar-refractivity contribution in [2.45, 2.75) is 45.6 Å². The number of rotatable bonds is 4. The van der Waals surface area contributed by atoms with Gasteiger partial charge in [-0.3, -0.25) is 0 Å². The standard InChI is InChI=1S/C17H23FN2S/c1-11-7-6-8-12(16(11)18)13(19-5)9-15-20-14(10-21-15)17(2,3)4/h6-8,10,13,19H,9H2,1-5H3. The van der Waals surface area contributed by atoms with Crippen molar-refractivity contribution in [1.82, 2.24) is 10.3 Å². The van der Waals surface area contributed by atoms with Crippen molar-refractivity contribution in [2.75, 3.05) is 7.05 Å². The molecule has 2 nitrogen and oxygen atoms in total. The number of aryl methyl sites for hydroxylation is 1. The molecule has 0 aliphatic rings. The number of nitrogens with zero attached hydrogens (tertiary/aromatic N) is 1. The van der Waals surface area contributed by atoms with Gasteiger partial charge in [-0.1, -0.05) is 39.0 Å². The van der Waals surface area contributed by atoms with Crippen LogP contribution in [0.25, 0.3) is 0 Å². The highest BCUT2D eigenvalue weighted by atomic mass is 32.1. The van der Waals surface area contributed by atoms with Gasteiger partial charge in [-0.15, -0.1) is 11.3 Å². The molecule has 0 radical (unpaired) electrons. The second-order valence-corrected chi connectivity index (χ2v) is 7.34. The number of aromatic nitrogens is 1. The quantitative estimate of drug-likeness (QED) is 0.906. The summed E-state index contributed by atoms with van der Waals surface area (Å²) in [5.41, 5.74) is 2.55. The minimum atomic E-state index is -0.121. The summed E-state index contributed by atoms with van der Waals surface area (Å²) >= 11 is 1.65. The van der Waals surface area contributed by atoms with Crippen molar-refractivity contribution in [3.63, 3.8) is 0 Å². The summed E-state index contributed by atoms with van der Waals surface area (Å²) in [7, 11) is 1.87. The van der Waals surface area contributed by atoms with Crippen LogP contribution in [0, 0.1) is 12.7 Å². The Morgan fingerprint density at radius 2 is 2.05 bits per heavy atom. The zero-order valence-corrected chi connectivity index (χ0v) is 14.1. The van der Waals surface area contributed by atoms with Gasteiger partial charge in [0.05, 0.1) is 10.7 Å². The molecule has 0 aliphatic heterocycles. The molecule has 0 bridgehead atoms. The Morgan fingerprint density at radius 3 is 2.62 bits per heavy atom. The molecule has 1 heterocycles. The van der Waals surface area contributed by atoms with Crippen molar-refractivity contribution in [3.8, 4) is 0 Å². The van der Waals surface area contributed by atoms with Crippen LogP contribution in [0.1, 0.15) is 48.6 Å². The average molecular weight is 306 g/mol. The maximum Gasteiger partial charge on any atom is 0.130 e.